The van der Waals surface area contributed by atoms with Gasteiger partial charge in [0.25, 0.3) is 5.56 Å². The minimum Gasteiger partial charge on any atom is -0.494 e. The van der Waals surface area contributed by atoms with Crippen LogP contribution in [-0.4, -0.2) is 26.4 Å². The highest BCUT2D eigenvalue weighted by Gasteiger charge is 2.25. The van der Waals surface area contributed by atoms with Crippen molar-refractivity contribution in [2.45, 2.75) is 52.1 Å². The first kappa shape index (κ1) is 20.1. The Hall–Kier alpha value is -3.23. The average Bonchev–Trinajstić information content (AvgIpc) is 3.08. The Morgan fingerprint density at radius 1 is 1.23 bits per heavy atom. The zero-order chi connectivity index (χ0) is 21.3. The molecule has 8 nitrogen and oxygen atoms in total. The van der Waals surface area contributed by atoms with Gasteiger partial charge in [-0.25, -0.2) is 9.18 Å². The lowest BCUT2D eigenvalue weighted by Gasteiger charge is -2.16. The maximum absolute atomic E-state index is 14.1. The van der Waals surface area contributed by atoms with Crippen LogP contribution in [-0.2, 0) is 25.9 Å². The van der Waals surface area contributed by atoms with Gasteiger partial charge in [0.2, 0.25) is 11.7 Å². The number of aryl methyl sites for hydroxylation is 1. The monoisotopic (exact) mass is 414 g/mol. The molecule has 4 rings (SSSR count). The van der Waals surface area contributed by atoms with Gasteiger partial charge in [-0.2, -0.15) is 4.98 Å². The lowest BCUT2D eigenvalue weighted by Crippen LogP contribution is -2.42. The second kappa shape index (κ2) is 8.25. The summed E-state index contributed by atoms with van der Waals surface area (Å²) in [4.78, 5) is 30.9. The van der Waals surface area contributed by atoms with Gasteiger partial charge in [-0.1, -0.05) is 24.6 Å². The lowest BCUT2D eigenvalue weighted by molar-refractivity contribution is 0.382. The van der Waals surface area contributed by atoms with Crippen molar-refractivity contribution in [2.75, 3.05) is 7.11 Å². The Morgan fingerprint density at radius 2 is 2.07 bits per heavy atom. The van der Waals surface area contributed by atoms with Crippen LogP contribution in [0.25, 0.3) is 11.4 Å². The van der Waals surface area contributed by atoms with Crippen LogP contribution in [0.1, 0.15) is 43.3 Å². The molecular weight excluding hydrogens is 391 g/mol. The van der Waals surface area contributed by atoms with Gasteiger partial charge in [-0.05, 0) is 37.0 Å². The van der Waals surface area contributed by atoms with Gasteiger partial charge in [0.1, 0.15) is 5.56 Å². The van der Waals surface area contributed by atoms with Gasteiger partial charge in [-0.15, -0.1) is 0 Å². The number of aromatic nitrogens is 4. The van der Waals surface area contributed by atoms with Crippen molar-refractivity contribution in [1.82, 2.24) is 19.3 Å². The van der Waals surface area contributed by atoms with E-state index in [9.17, 15) is 14.0 Å². The van der Waals surface area contributed by atoms with Gasteiger partial charge < -0.3 is 9.26 Å². The standard InChI is InChI=1S/C21H23FN4O4/c1-3-17-23-19(24-30-17)18-15-7-5-4-6-10-25(15)21(28)26(20(18)27)12-13-8-9-16(29-2)14(22)11-13/h8-9,11H,3-7,10,12H2,1-2H3. The molecule has 30 heavy (non-hydrogen) atoms. The topological polar surface area (TPSA) is 92.2 Å². The average molecular weight is 414 g/mol. The smallest absolute Gasteiger partial charge is 0.331 e. The van der Waals surface area contributed by atoms with E-state index in [2.05, 4.69) is 10.1 Å². The summed E-state index contributed by atoms with van der Waals surface area (Å²) >= 11 is 0. The van der Waals surface area contributed by atoms with Gasteiger partial charge in [0.15, 0.2) is 11.6 Å². The van der Waals surface area contributed by atoms with Crippen LogP contribution in [0, 0.1) is 5.82 Å². The molecule has 0 saturated carbocycles. The van der Waals surface area contributed by atoms with Crippen molar-refractivity contribution >= 4 is 0 Å². The van der Waals surface area contributed by atoms with Crippen molar-refractivity contribution in [3.8, 4) is 17.1 Å². The summed E-state index contributed by atoms with van der Waals surface area (Å²) < 4.78 is 27.0. The molecule has 0 radical (unpaired) electrons. The number of hydrogen-bond acceptors (Lipinski definition) is 6. The lowest BCUT2D eigenvalue weighted by atomic mass is 10.1. The third kappa shape index (κ3) is 3.55. The van der Waals surface area contributed by atoms with Crippen LogP contribution >= 0.6 is 0 Å². The Labute approximate surface area is 171 Å². The molecule has 0 amide bonds. The highest BCUT2D eigenvalue weighted by Crippen LogP contribution is 2.22. The summed E-state index contributed by atoms with van der Waals surface area (Å²) in [5, 5.41) is 3.98. The van der Waals surface area contributed by atoms with E-state index in [1.807, 2.05) is 6.92 Å². The van der Waals surface area contributed by atoms with E-state index in [1.165, 1.54) is 19.2 Å². The number of benzene rings is 1. The number of methoxy groups -OCH3 is 1. The van der Waals surface area contributed by atoms with Gasteiger partial charge >= 0.3 is 5.69 Å². The molecule has 3 heterocycles. The number of rotatable bonds is 5. The minimum atomic E-state index is -0.552. The number of hydrogen-bond donors (Lipinski definition) is 0. The highest BCUT2D eigenvalue weighted by atomic mass is 19.1. The normalized spacial score (nSPS) is 13.7. The Morgan fingerprint density at radius 3 is 2.77 bits per heavy atom. The summed E-state index contributed by atoms with van der Waals surface area (Å²) in [5.41, 5.74) is 0.510. The molecule has 0 saturated heterocycles. The maximum atomic E-state index is 14.1. The summed E-state index contributed by atoms with van der Waals surface area (Å²) in [6.45, 7) is 2.32. The zero-order valence-corrected chi connectivity index (χ0v) is 17.0. The van der Waals surface area contributed by atoms with Crippen LogP contribution in [0.3, 0.4) is 0 Å². The van der Waals surface area contributed by atoms with Crippen LogP contribution in [0.2, 0.25) is 0 Å². The van der Waals surface area contributed by atoms with Gasteiger partial charge in [0.05, 0.1) is 13.7 Å². The van der Waals surface area contributed by atoms with Crippen molar-refractivity contribution in [3.05, 3.63) is 62.0 Å². The molecule has 0 unspecified atom stereocenters. The molecule has 0 fully saturated rings. The third-order valence-corrected chi connectivity index (χ3v) is 5.38. The molecular formula is C21H23FN4O4. The molecule has 1 aromatic carbocycles. The van der Waals surface area contributed by atoms with Crippen molar-refractivity contribution in [1.29, 1.82) is 0 Å². The molecule has 158 valence electrons. The maximum Gasteiger partial charge on any atom is 0.331 e. The fraction of sp³-hybridized carbons (Fsp3) is 0.429. The molecule has 0 N–H and O–H groups in total. The Bertz CT molecular complexity index is 1190. The number of nitrogens with zero attached hydrogens (tertiary/aromatic N) is 4. The second-order valence-electron chi connectivity index (χ2n) is 7.29. The predicted octanol–water partition coefficient (Wildman–Crippen LogP) is 2.54. The van der Waals surface area contributed by atoms with Crippen LogP contribution < -0.4 is 16.0 Å². The first-order valence-corrected chi connectivity index (χ1v) is 10.0. The second-order valence-corrected chi connectivity index (χ2v) is 7.29. The minimum absolute atomic E-state index is 0.0651. The molecule has 3 aromatic rings. The third-order valence-electron chi connectivity index (χ3n) is 5.38. The molecule has 0 aliphatic carbocycles. The van der Waals surface area contributed by atoms with Crippen LogP contribution in [0.5, 0.6) is 5.75 Å². The molecule has 0 atom stereocenters. The molecule has 2 aromatic heterocycles. The van der Waals surface area contributed by atoms with Crippen molar-refractivity contribution in [3.63, 3.8) is 0 Å². The fourth-order valence-electron chi connectivity index (χ4n) is 3.83. The molecule has 1 aliphatic rings. The van der Waals surface area contributed by atoms with E-state index in [4.69, 9.17) is 9.26 Å². The molecule has 0 bridgehead atoms. The van der Waals surface area contributed by atoms with Crippen LogP contribution in [0.4, 0.5) is 4.39 Å². The highest BCUT2D eigenvalue weighted by molar-refractivity contribution is 5.56. The largest absolute Gasteiger partial charge is 0.494 e. The van der Waals surface area contributed by atoms with Gasteiger partial charge in [-0.3, -0.25) is 13.9 Å². The quantitative estimate of drug-likeness (QED) is 0.637. The summed E-state index contributed by atoms with van der Waals surface area (Å²) in [6, 6.07) is 4.38. The number of fused-ring (bicyclic) bond motifs is 1. The van der Waals surface area contributed by atoms with Gasteiger partial charge in [0, 0.05) is 18.7 Å². The summed E-state index contributed by atoms with van der Waals surface area (Å²) in [6.07, 6.45) is 3.81. The molecule has 0 spiro atoms. The summed E-state index contributed by atoms with van der Waals surface area (Å²) in [5.74, 6) is 0.164. The van der Waals surface area contributed by atoms with E-state index >= 15 is 0 Å². The number of halogens is 1. The first-order valence-electron chi connectivity index (χ1n) is 10.0. The molecule has 9 heteroatoms. The fourth-order valence-corrected chi connectivity index (χ4v) is 3.83. The van der Waals surface area contributed by atoms with E-state index in [-0.39, 0.29) is 23.7 Å². The first-order chi connectivity index (χ1) is 14.5. The van der Waals surface area contributed by atoms with Crippen molar-refractivity contribution < 1.29 is 13.7 Å². The predicted molar refractivity (Wildman–Crippen MR) is 107 cm³/mol. The SMILES string of the molecule is CCc1nc(-c2c3n(c(=O)n(Cc4ccc(OC)c(F)c4)c2=O)CCCCC3)no1. The van der Waals surface area contributed by atoms with E-state index in [1.54, 1.807) is 10.6 Å². The zero-order valence-electron chi connectivity index (χ0n) is 17.0. The van der Waals surface area contributed by atoms with E-state index < -0.39 is 17.1 Å². The Kier molecular flexibility index (Phi) is 5.52. The Balaban J connectivity index is 1.89. The van der Waals surface area contributed by atoms with E-state index in [0.717, 1.165) is 23.8 Å². The number of ether oxygens (including phenoxy) is 1. The summed E-state index contributed by atoms with van der Waals surface area (Å²) in [7, 11) is 1.38. The van der Waals surface area contributed by atoms with E-state index in [0.29, 0.717) is 36.5 Å². The molecule has 1 aliphatic heterocycles. The van der Waals surface area contributed by atoms with Crippen molar-refractivity contribution in [2.24, 2.45) is 0 Å². The van der Waals surface area contributed by atoms with Crippen LogP contribution in [0.15, 0.2) is 32.3 Å².